The largest absolute Gasteiger partial charge is 0.337 e. The maximum Gasteiger partial charge on any atom is 0.244 e. The van der Waals surface area contributed by atoms with Crippen LogP contribution in [-0.2, 0) is 0 Å². The predicted octanol–water partition coefficient (Wildman–Crippen LogP) is 3.84. The number of rotatable bonds is 2. The van der Waals surface area contributed by atoms with Gasteiger partial charge in [-0.1, -0.05) is 18.0 Å². The lowest BCUT2D eigenvalue weighted by molar-refractivity contribution is 0.327. The van der Waals surface area contributed by atoms with E-state index in [1.807, 2.05) is 0 Å². The van der Waals surface area contributed by atoms with Crippen LogP contribution in [0, 0.1) is 5.82 Å². The second-order valence-corrected chi connectivity index (χ2v) is 5.80. The number of halogens is 2. The van der Waals surface area contributed by atoms with Crippen LogP contribution in [0.2, 0.25) is 0 Å². The van der Waals surface area contributed by atoms with E-state index in [1.54, 1.807) is 12.1 Å². The molecule has 2 aromatic rings. The van der Waals surface area contributed by atoms with E-state index < -0.39 is 0 Å². The van der Waals surface area contributed by atoms with Gasteiger partial charge in [-0.05, 0) is 53.5 Å². The highest BCUT2D eigenvalue weighted by Gasteiger charge is 2.20. The van der Waals surface area contributed by atoms with Gasteiger partial charge in [-0.25, -0.2) is 4.39 Å². The Bertz CT molecular complexity index is 594. The van der Waals surface area contributed by atoms with Crippen molar-refractivity contribution < 1.29 is 8.91 Å². The number of aromatic nitrogens is 2. The highest BCUT2D eigenvalue weighted by Crippen LogP contribution is 2.26. The smallest absolute Gasteiger partial charge is 0.244 e. The quantitative estimate of drug-likeness (QED) is 0.902. The topological polar surface area (TPSA) is 51.0 Å². The Kier molecular flexibility index (Phi) is 4.12. The highest BCUT2D eigenvalue weighted by atomic mass is 79.9. The SMILES string of the molecule is Fc1ccc(-c2noc(C3CCCCCN3)n2)cc1Br. The van der Waals surface area contributed by atoms with Crippen molar-refractivity contribution in [2.45, 2.75) is 31.7 Å². The lowest BCUT2D eigenvalue weighted by Gasteiger charge is -2.09. The molecule has 0 radical (unpaired) electrons. The first-order valence-corrected chi connectivity index (χ1v) is 7.56. The summed E-state index contributed by atoms with van der Waals surface area (Å²) < 4.78 is 19.0. The van der Waals surface area contributed by atoms with Crippen molar-refractivity contribution >= 4 is 15.9 Å². The Morgan fingerprint density at radius 3 is 3.05 bits per heavy atom. The molecule has 1 aliphatic heterocycles. The van der Waals surface area contributed by atoms with Crippen molar-refractivity contribution in [3.63, 3.8) is 0 Å². The second-order valence-electron chi connectivity index (χ2n) is 4.94. The van der Waals surface area contributed by atoms with Crippen molar-refractivity contribution in [2.24, 2.45) is 0 Å². The summed E-state index contributed by atoms with van der Waals surface area (Å²) >= 11 is 3.16. The molecule has 1 aromatic heterocycles. The third kappa shape index (κ3) is 2.91. The van der Waals surface area contributed by atoms with Crippen molar-refractivity contribution in [3.05, 3.63) is 34.4 Å². The zero-order chi connectivity index (χ0) is 13.9. The molecule has 1 N–H and O–H groups in total. The second kappa shape index (κ2) is 6.01. The standard InChI is InChI=1S/C14H15BrFN3O/c15-10-8-9(5-6-11(10)16)13-18-14(20-19-13)12-4-2-1-3-7-17-12/h5-6,8,12,17H,1-4,7H2. The van der Waals surface area contributed by atoms with Crippen LogP contribution in [0.3, 0.4) is 0 Å². The Morgan fingerprint density at radius 2 is 2.20 bits per heavy atom. The summed E-state index contributed by atoms with van der Waals surface area (Å²) in [5, 5.41) is 7.41. The monoisotopic (exact) mass is 339 g/mol. The summed E-state index contributed by atoms with van der Waals surface area (Å²) in [6, 6.07) is 4.82. The van der Waals surface area contributed by atoms with Crippen LogP contribution < -0.4 is 5.32 Å². The Labute approximate surface area is 124 Å². The van der Waals surface area contributed by atoms with E-state index in [-0.39, 0.29) is 11.9 Å². The molecule has 1 unspecified atom stereocenters. The number of benzene rings is 1. The minimum atomic E-state index is -0.303. The van der Waals surface area contributed by atoms with Gasteiger partial charge in [-0.3, -0.25) is 0 Å². The molecule has 0 aliphatic carbocycles. The van der Waals surface area contributed by atoms with E-state index in [9.17, 15) is 4.39 Å². The van der Waals surface area contributed by atoms with E-state index in [4.69, 9.17) is 4.52 Å². The third-order valence-corrected chi connectivity index (χ3v) is 4.09. The molecule has 0 amide bonds. The first-order chi connectivity index (χ1) is 9.74. The van der Waals surface area contributed by atoms with Gasteiger partial charge >= 0.3 is 0 Å². The summed E-state index contributed by atoms with van der Waals surface area (Å²) in [7, 11) is 0. The zero-order valence-corrected chi connectivity index (χ0v) is 12.5. The predicted molar refractivity (Wildman–Crippen MR) is 76.6 cm³/mol. The van der Waals surface area contributed by atoms with Crippen molar-refractivity contribution in [1.82, 2.24) is 15.5 Å². The molecule has 0 saturated carbocycles. The van der Waals surface area contributed by atoms with Gasteiger partial charge in [-0.2, -0.15) is 4.98 Å². The summed E-state index contributed by atoms with van der Waals surface area (Å²) in [5.41, 5.74) is 0.738. The lowest BCUT2D eigenvalue weighted by Crippen LogP contribution is -2.20. The Balaban J connectivity index is 1.83. The number of hydrogen-bond donors (Lipinski definition) is 1. The molecule has 4 nitrogen and oxygen atoms in total. The summed E-state index contributed by atoms with van der Waals surface area (Å²) in [6.07, 6.45) is 4.59. The normalized spacial score (nSPS) is 19.8. The maximum atomic E-state index is 13.2. The van der Waals surface area contributed by atoms with Crippen molar-refractivity contribution in [2.75, 3.05) is 6.54 Å². The Hall–Kier alpha value is -1.27. The van der Waals surface area contributed by atoms with Crippen LogP contribution in [0.25, 0.3) is 11.4 Å². The third-order valence-electron chi connectivity index (χ3n) is 3.48. The van der Waals surface area contributed by atoms with Gasteiger partial charge in [0.05, 0.1) is 10.5 Å². The van der Waals surface area contributed by atoms with Gasteiger partial charge in [0.25, 0.3) is 0 Å². The summed E-state index contributed by atoms with van der Waals surface area (Å²) in [4.78, 5) is 4.43. The molecule has 106 valence electrons. The van der Waals surface area contributed by atoms with Crippen LogP contribution in [-0.4, -0.2) is 16.7 Å². The van der Waals surface area contributed by atoms with Crippen molar-refractivity contribution in [3.8, 4) is 11.4 Å². The molecule has 2 heterocycles. The molecule has 6 heteroatoms. The minimum Gasteiger partial charge on any atom is -0.337 e. The van der Waals surface area contributed by atoms with Gasteiger partial charge in [-0.15, -0.1) is 0 Å². The summed E-state index contributed by atoms with van der Waals surface area (Å²) in [6.45, 7) is 0.977. The molecule has 1 atom stereocenters. The van der Waals surface area contributed by atoms with Crippen molar-refractivity contribution in [1.29, 1.82) is 0 Å². The highest BCUT2D eigenvalue weighted by molar-refractivity contribution is 9.10. The fourth-order valence-electron chi connectivity index (χ4n) is 2.37. The van der Waals surface area contributed by atoms with Crippen LogP contribution in [0.5, 0.6) is 0 Å². The zero-order valence-electron chi connectivity index (χ0n) is 10.9. The molecule has 0 bridgehead atoms. The lowest BCUT2D eigenvalue weighted by atomic mass is 10.1. The van der Waals surface area contributed by atoms with E-state index >= 15 is 0 Å². The van der Waals surface area contributed by atoms with Gasteiger partial charge in [0.1, 0.15) is 5.82 Å². The number of nitrogens with zero attached hydrogens (tertiary/aromatic N) is 2. The van der Waals surface area contributed by atoms with Crippen LogP contribution in [0.1, 0.15) is 37.6 Å². The molecule has 1 aliphatic rings. The van der Waals surface area contributed by atoms with Crippen LogP contribution in [0.15, 0.2) is 27.2 Å². The molecule has 3 rings (SSSR count). The molecular formula is C14H15BrFN3O. The molecule has 1 aromatic carbocycles. The van der Waals surface area contributed by atoms with E-state index in [2.05, 4.69) is 31.4 Å². The molecule has 0 spiro atoms. The van der Waals surface area contributed by atoms with Crippen LogP contribution >= 0.6 is 15.9 Å². The number of nitrogens with one attached hydrogen (secondary N) is 1. The molecule has 1 fully saturated rings. The van der Waals surface area contributed by atoms with E-state index in [0.717, 1.165) is 24.9 Å². The van der Waals surface area contributed by atoms with E-state index in [0.29, 0.717) is 16.2 Å². The summed E-state index contributed by atoms with van der Waals surface area (Å²) in [5.74, 6) is 0.803. The van der Waals surface area contributed by atoms with Gasteiger partial charge in [0.2, 0.25) is 11.7 Å². The molecule has 20 heavy (non-hydrogen) atoms. The first kappa shape index (κ1) is 13.7. The van der Waals surface area contributed by atoms with Crippen LogP contribution in [0.4, 0.5) is 4.39 Å². The fourth-order valence-corrected chi connectivity index (χ4v) is 2.75. The fraction of sp³-hybridized carbons (Fsp3) is 0.429. The van der Waals surface area contributed by atoms with Gasteiger partial charge in [0, 0.05) is 5.56 Å². The Morgan fingerprint density at radius 1 is 1.30 bits per heavy atom. The number of hydrogen-bond acceptors (Lipinski definition) is 4. The molecule has 1 saturated heterocycles. The average molecular weight is 340 g/mol. The van der Waals surface area contributed by atoms with Gasteiger partial charge < -0.3 is 9.84 Å². The first-order valence-electron chi connectivity index (χ1n) is 6.76. The van der Waals surface area contributed by atoms with E-state index in [1.165, 1.54) is 18.9 Å². The molecular weight excluding hydrogens is 325 g/mol. The van der Waals surface area contributed by atoms with Gasteiger partial charge in [0.15, 0.2) is 0 Å². The minimum absolute atomic E-state index is 0.127. The average Bonchev–Trinajstić information content (AvgIpc) is 2.78. The maximum absolute atomic E-state index is 13.2.